The van der Waals surface area contributed by atoms with E-state index in [-0.39, 0.29) is 11.9 Å². The van der Waals surface area contributed by atoms with Crippen LogP contribution in [0.1, 0.15) is 44.6 Å². The number of benzene rings is 2. The molecule has 0 radical (unpaired) electrons. The Morgan fingerprint density at radius 1 is 0.939 bits per heavy atom. The quantitative estimate of drug-likeness (QED) is 0.427. The lowest BCUT2D eigenvalue weighted by Gasteiger charge is -2.25. The third-order valence-electron chi connectivity index (χ3n) is 5.87. The van der Waals surface area contributed by atoms with Gasteiger partial charge < -0.3 is 24.4 Å². The van der Waals surface area contributed by atoms with E-state index in [0.29, 0.717) is 13.0 Å². The fraction of sp³-hybridized carbons (Fsp3) is 0.519. The zero-order valence-electron chi connectivity index (χ0n) is 20.1. The van der Waals surface area contributed by atoms with Crippen molar-refractivity contribution in [3.63, 3.8) is 0 Å². The van der Waals surface area contributed by atoms with Crippen LogP contribution in [-0.2, 0) is 11.2 Å². The van der Waals surface area contributed by atoms with Gasteiger partial charge in [-0.1, -0.05) is 25.5 Å². The number of methoxy groups -OCH3 is 1. The molecule has 1 aliphatic rings. The maximum Gasteiger partial charge on any atom is 0.223 e. The number of carbonyl (C=O) groups excluding carboxylic acids is 1. The van der Waals surface area contributed by atoms with Gasteiger partial charge in [0.25, 0.3) is 0 Å². The maximum atomic E-state index is 12.7. The molecule has 2 aromatic rings. The SMILES string of the molecule is CCCCOc1ccc(C[C@@H](CN2CCCC2)NC(=O)CCOc2ccc(OC)cc2)cc1. The van der Waals surface area contributed by atoms with Gasteiger partial charge in [-0.3, -0.25) is 4.79 Å². The molecular formula is C27H38N2O4. The monoisotopic (exact) mass is 454 g/mol. The third kappa shape index (κ3) is 8.97. The zero-order valence-corrected chi connectivity index (χ0v) is 20.1. The number of hydrogen-bond donors (Lipinski definition) is 1. The van der Waals surface area contributed by atoms with Crippen LogP contribution in [0.3, 0.4) is 0 Å². The molecule has 0 unspecified atom stereocenters. The summed E-state index contributed by atoms with van der Waals surface area (Å²) in [6.07, 6.45) is 5.79. The summed E-state index contributed by atoms with van der Waals surface area (Å²) in [6, 6.07) is 15.7. The second kappa shape index (κ2) is 13.7. The van der Waals surface area contributed by atoms with Crippen molar-refractivity contribution in [3.8, 4) is 17.2 Å². The molecule has 0 bridgehead atoms. The van der Waals surface area contributed by atoms with Crippen molar-refractivity contribution in [1.29, 1.82) is 0 Å². The molecule has 6 heteroatoms. The number of amides is 1. The van der Waals surface area contributed by atoms with Crippen molar-refractivity contribution in [2.45, 2.75) is 51.5 Å². The lowest BCUT2D eigenvalue weighted by molar-refractivity contribution is -0.122. The van der Waals surface area contributed by atoms with Crippen molar-refractivity contribution >= 4 is 5.91 Å². The van der Waals surface area contributed by atoms with Gasteiger partial charge in [0.05, 0.1) is 26.7 Å². The summed E-state index contributed by atoms with van der Waals surface area (Å²) in [6.45, 7) is 6.35. The molecule has 0 aromatic heterocycles. The van der Waals surface area contributed by atoms with Crippen LogP contribution in [0.25, 0.3) is 0 Å². The molecule has 2 aromatic carbocycles. The lowest BCUT2D eigenvalue weighted by atomic mass is 10.0. The minimum Gasteiger partial charge on any atom is -0.497 e. The summed E-state index contributed by atoms with van der Waals surface area (Å²) < 4.78 is 16.7. The number of unbranched alkanes of at least 4 members (excludes halogenated alkanes) is 1. The Bertz CT molecular complexity index is 817. The third-order valence-corrected chi connectivity index (χ3v) is 5.87. The van der Waals surface area contributed by atoms with Gasteiger partial charge in [-0.15, -0.1) is 0 Å². The Kier molecular flexibility index (Phi) is 10.4. The molecule has 1 saturated heterocycles. The average Bonchev–Trinajstić information content (AvgIpc) is 3.34. The Labute approximate surface area is 198 Å². The Balaban J connectivity index is 1.49. The first-order valence-electron chi connectivity index (χ1n) is 12.2. The topological polar surface area (TPSA) is 60.0 Å². The van der Waals surface area contributed by atoms with Crippen LogP contribution in [0, 0.1) is 0 Å². The van der Waals surface area contributed by atoms with Crippen LogP contribution in [0.4, 0.5) is 0 Å². The Morgan fingerprint density at radius 2 is 1.55 bits per heavy atom. The summed E-state index contributed by atoms with van der Waals surface area (Å²) in [5.41, 5.74) is 1.21. The molecule has 3 rings (SSSR count). The van der Waals surface area contributed by atoms with Crippen molar-refractivity contribution in [3.05, 3.63) is 54.1 Å². The second-order valence-electron chi connectivity index (χ2n) is 8.60. The molecule has 1 fully saturated rings. The predicted octanol–water partition coefficient (Wildman–Crippen LogP) is 4.47. The molecule has 1 atom stereocenters. The molecule has 180 valence electrons. The van der Waals surface area contributed by atoms with Crippen LogP contribution in [-0.4, -0.2) is 56.8 Å². The molecule has 33 heavy (non-hydrogen) atoms. The molecule has 1 aliphatic heterocycles. The summed E-state index contributed by atoms with van der Waals surface area (Å²) >= 11 is 0. The van der Waals surface area contributed by atoms with Gasteiger partial charge in [0.15, 0.2) is 0 Å². The largest absolute Gasteiger partial charge is 0.497 e. The Morgan fingerprint density at radius 3 is 2.18 bits per heavy atom. The van der Waals surface area contributed by atoms with E-state index in [1.165, 1.54) is 18.4 Å². The van der Waals surface area contributed by atoms with Gasteiger partial charge in [-0.05, 0) is 80.7 Å². The molecule has 0 spiro atoms. The van der Waals surface area contributed by atoms with E-state index in [4.69, 9.17) is 14.2 Å². The molecule has 0 saturated carbocycles. The first-order valence-corrected chi connectivity index (χ1v) is 12.2. The van der Waals surface area contributed by atoms with E-state index >= 15 is 0 Å². The summed E-state index contributed by atoms with van der Waals surface area (Å²) in [5, 5.41) is 3.24. The highest BCUT2D eigenvalue weighted by atomic mass is 16.5. The maximum absolute atomic E-state index is 12.7. The normalized spacial score (nSPS) is 14.6. The molecule has 1 amide bonds. The van der Waals surface area contributed by atoms with Crippen molar-refractivity contribution in [1.82, 2.24) is 10.2 Å². The predicted molar refractivity (Wildman–Crippen MR) is 131 cm³/mol. The van der Waals surface area contributed by atoms with Gasteiger partial charge in [0.2, 0.25) is 5.91 Å². The standard InChI is InChI=1S/C27H38N2O4/c1-3-4-18-32-25-9-7-22(8-10-25)20-23(21-29-16-5-6-17-29)28-27(30)15-19-33-26-13-11-24(31-2)12-14-26/h7-14,23H,3-6,15-21H2,1-2H3,(H,28,30)/t23-/m0/s1. The van der Waals surface area contributed by atoms with E-state index in [0.717, 1.165) is 62.8 Å². The fourth-order valence-corrected chi connectivity index (χ4v) is 4.01. The van der Waals surface area contributed by atoms with Gasteiger partial charge in [0, 0.05) is 12.6 Å². The molecule has 6 nitrogen and oxygen atoms in total. The number of nitrogens with one attached hydrogen (secondary N) is 1. The fourth-order valence-electron chi connectivity index (χ4n) is 4.01. The first-order chi connectivity index (χ1) is 16.2. The van der Waals surface area contributed by atoms with E-state index < -0.39 is 0 Å². The number of ether oxygens (including phenoxy) is 3. The molecule has 1 heterocycles. The smallest absolute Gasteiger partial charge is 0.223 e. The van der Waals surface area contributed by atoms with Gasteiger partial charge in [0.1, 0.15) is 17.2 Å². The van der Waals surface area contributed by atoms with Crippen LogP contribution in [0.5, 0.6) is 17.2 Å². The van der Waals surface area contributed by atoms with Crippen LogP contribution < -0.4 is 19.5 Å². The van der Waals surface area contributed by atoms with Crippen LogP contribution >= 0.6 is 0 Å². The van der Waals surface area contributed by atoms with Crippen molar-refractivity contribution < 1.29 is 19.0 Å². The van der Waals surface area contributed by atoms with Gasteiger partial charge >= 0.3 is 0 Å². The molecule has 1 N–H and O–H groups in total. The van der Waals surface area contributed by atoms with E-state index in [2.05, 4.69) is 29.3 Å². The summed E-state index contributed by atoms with van der Waals surface area (Å²) in [7, 11) is 1.63. The highest BCUT2D eigenvalue weighted by Crippen LogP contribution is 2.18. The second-order valence-corrected chi connectivity index (χ2v) is 8.60. The number of hydrogen-bond acceptors (Lipinski definition) is 5. The molecular weight excluding hydrogens is 416 g/mol. The minimum atomic E-state index is 0.0206. The number of rotatable bonds is 14. The van der Waals surface area contributed by atoms with Gasteiger partial charge in [-0.2, -0.15) is 0 Å². The number of nitrogens with zero attached hydrogens (tertiary/aromatic N) is 1. The Hall–Kier alpha value is -2.73. The summed E-state index contributed by atoms with van der Waals surface area (Å²) in [5.74, 6) is 2.44. The first kappa shape index (κ1) is 24.9. The highest BCUT2D eigenvalue weighted by Gasteiger charge is 2.20. The van der Waals surface area contributed by atoms with Crippen molar-refractivity contribution in [2.75, 3.05) is 40.0 Å². The average molecular weight is 455 g/mol. The minimum absolute atomic E-state index is 0.0206. The van der Waals surface area contributed by atoms with Crippen molar-refractivity contribution in [2.24, 2.45) is 0 Å². The number of likely N-dealkylation sites (tertiary alicyclic amines) is 1. The highest BCUT2D eigenvalue weighted by molar-refractivity contribution is 5.76. The van der Waals surface area contributed by atoms with E-state index in [1.807, 2.05) is 36.4 Å². The van der Waals surface area contributed by atoms with Crippen LogP contribution in [0.15, 0.2) is 48.5 Å². The van der Waals surface area contributed by atoms with E-state index in [9.17, 15) is 4.79 Å². The zero-order chi connectivity index (χ0) is 23.3. The summed E-state index contributed by atoms with van der Waals surface area (Å²) in [4.78, 5) is 15.1. The van der Waals surface area contributed by atoms with Gasteiger partial charge in [-0.25, -0.2) is 0 Å². The lowest BCUT2D eigenvalue weighted by Crippen LogP contribution is -2.44. The molecule has 0 aliphatic carbocycles. The van der Waals surface area contributed by atoms with E-state index in [1.54, 1.807) is 7.11 Å². The number of carbonyl (C=O) groups is 1. The van der Waals surface area contributed by atoms with Crippen LogP contribution in [0.2, 0.25) is 0 Å².